The number of nitrogens with zero attached hydrogens (tertiary/aromatic N) is 2. The molecule has 3 fully saturated rings. The normalized spacial score (nSPS) is 28.8. The Kier molecular flexibility index (Phi) is 4.93. The predicted octanol–water partition coefficient (Wildman–Crippen LogP) is 2.14. The van der Waals surface area contributed by atoms with Crippen LogP contribution in [-0.2, 0) is 11.3 Å². The fourth-order valence-corrected chi connectivity index (χ4v) is 4.79. The Labute approximate surface area is 155 Å². The molecule has 0 aromatic heterocycles. The highest BCUT2D eigenvalue weighted by atomic mass is 16.5. The maximum Gasteiger partial charge on any atom is 0.225 e. The lowest BCUT2D eigenvalue weighted by Crippen LogP contribution is -2.53. The van der Waals surface area contributed by atoms with Crippen LogP contribution in [-0.4, -0.2) is 60.2 Å². The predicted molar refractivity (Wildman–Crippen MR) is 99.8 cm³/mol. The molecule has 26 heavy (non-hydrogen) atoms. The van der Waals surface area contributed by atoms with Crippen molar-refractivity contribution in [1.29, 1.82) is 0 Å². The maximum absolute atomic E-state index is 12.5. The van der Waals surface area contributed by atoms with Gasteiger partial charge in [0, 0.05) is 49.6 Å². The summed E-state index contributed by atoms with van der Waals surface area (Å²) in [6.07, 6.45) is 3.10. The van der Waals surface area contributed by atoms with Crippen molar-refractivity contribution in [3.63, 3.8) is 0 Å². The number of aliphatic hydroxyl groups is 1. The first-order valence-electron chi connectivity index (χ1n) is 9.98. The number of hydrogen-bond donors (Lipinski definition) is 1. The van der Waals surface area contributed by atoms with Crippen molar-refractivity contribution in [2.24, 2.45) is 17.3 Å². The molecular formula is C21H30N2O3. The SMILES string of the molecule is CCOc1ccccc1CN1C[C@@H]2CCN(C(=O)C3CC3)C[C@]2(CO)C1. The molecule has 2 aliphatic heterocycles. The molecule has 4 rings (SSSR count). The number of ether oxygens (including phenoxy) is 1. The van der Waals surface area contributed by atoms with E-state index in [1.165, 1.54) is 5.56 Å². The quantitative estimate of drug-likeness (QED) is 0.847. The standard InChI is InChI=1S/C21H30N2O3/c1-2-26-19-6-4-3-5-17(19)11-22-12-18-9-10-23(20(25)16-7-8-16)14-21(18,13-22)15-24/h3-6,16,18,24H,2,7-15H2,1H3/t18-,21-/m0/s1. The Morgan fingerprint density at radius 3 is 2.81 bits per heavy atom. The van der Waals surface area contributed by atoms with Crippen molar-refractivity contribution >= 4 is 5.91 Å². The molecule has 0 radical (unpaired) electrons. The lowest BCUT2D eigenvalue weighted by molar-refractivity contribution is -0.137. The summed E-state index contributed by atoms with van der Waals surface area (Å²) >= 11 is 0. The van der Waals surface area contributed by atoms with E-state index in [9.17, 15) is 9.90 Å². The van der Waals surface area contributed by atoms with Crippen LogP contribution in [0, 0.1) is 17.3 Å². The largest absolute Gasteiger partial charge is 0.494 e. The van der Waals surface area contributed by atoms with Crippen LogP contribution in [0.15, 0.2) is 24.3 Å². The molecule has 2 heterocycles. The smallest absolute Gasteiger partial charge is 0.225 e. The van der Waals surface area contributed by atoms with Gasteiger partial charge < -0.3 is 14.7 Å². The molecule has 1 aliphatic carbocycles. The molecule has 1 saturated carbocycles. The summed E-state index contributed by atoms with van der Waals surface area (Å²) in [6.45, 7) is 7.08. The van der Waals surface area contributed by atoms with Gasteiger partial charge in [-0.1, -0.05) is 18.2 Å². The van der Waals surface area contributed by atoms with E-state index in [1.54, 1.807) is 0 Å². The minimum absolute atomic E-state index is 0.162. The summed E-state index contributed by atoms with van der Waals surface area (Å²) in [5.74, 6) is 2.00. The summed E-state index contributed by atoms with van der Waals surface area (Å²) in [4.78, 5) is 17.0. The van der Waals surface area contributed by atoms with Crippen molar-refractivity contribution in [1.82, 2.24) is 9.80 Å². The number of hydrogen-bond acceptors (Lipinski definition) is 4. The van der Waals surface area contributed by atoms with Crippen LogP contribution in [0.25, 0.3) is 0 Å². The molecule has 3 aliphatic rings. The van der Waals surface area contributed by atoms with Crippen LogP contribution in [0.4, 0.5) is 0 Å². The van der Waals surface area contributed by atoms with E-state index in [0.717, 1.165) is 51.2 Å². The van der Waals surface area contributed by atoms with Gasteiger partial charge in [-0.05, 0) is 38.2 Å². The summed E-state index contributed by atoms with van der Waals surface area (Å²) in [5, 5.41) is 10.2. The first-order chi connectivity index (χ1) is 12.6. The zero-order chi connectivity index (χ0) is 18.1. The van der Waals surface area contributed by atoms with Gasteiger partial charge in [0.15, 0.2) is 0 Å². The maximum atomic E-state index is 12.5. The van der Waals surface area contributed by atoms with E-state index >= 15 is 0 Å². The molecule has 1 aromatic rings. The number of rotatable bonds is 6. The Morgan fingerprint density at radius 2 is 2.08 bits per heavy atom. The monoisotopic (exact) mass is 358 g/mol. The Hall–Kier alpha value is -1.59. The number of piperidine rings is 1. The van der Waals surface area contributed by atoms with Crippen LogP contribution in [0.2, 0.25) is 0 Å². The lowest BCUT2D eigenvalue weighted by atomic mass is 9.74. The van der Waals surface area contributed by atoms with Crippen molar-refractivity contribution < 1.29 is 14.6 Å². The van der Waals surface area contributed by atoms with E-state index in [1.807, 2.05) is 24.0 Å². The Morgan fingerprint density at radius 1 is 1.27 bits per heavy atom. The molecule has 5 nitrogen and oxygen atoms in total. The second-order valence-corrected chi connectivity index (χ2v) is 8.25. The van der Waals surface area contributed by atoms with Crippen molar-refractivity contribution in [3.05, 3.63) is 29.8 Å². The van der Waals surface area contributed by atoms with E-state index in [4.69, 9.17) is 4.74 Å². The van der Waals surface area contributed by atoms with Crippen LogP contribution < -0.4 is 4.74 Å². The Bertz CT molecular complexity index is 660. The summed E-state index contributed by atoms with van der Waals surface area (Å²) in [6, 6.07) is 8.22. The van der Waals surface area contributed by atoms with E-state index in [0.29, 0.717) is 25.0 Å². The molecule has 2 atom stereocenters. The number of likely N-dealkylation sites (tertiary alicyclic amines) is 2. The minimum atomic E-state index is -0.163. The number of carbonyl (C=O) groups is 1. The minimum Gasteiger partial charge on any atom is -0.494 e. The first kappa shape index (κ1) is 17.8. The van der Waals surface area contributed by atoms with Gasteiger partial charge >= 0.3 is 0 Å². The van der Waals surface area contributed by atoms with Gasteiger partial charge in [-0.2, -0.15) is 0 Å². The third kappa shape index (κ3) is 3.35. The molecule has 1 amide bonds. The van der Waals surface area contributed by atoms with Crippen LogP contribution >= 0.6 is 0 Å². The summed E-state index contributed by atoms with van der Waals surface area (Å²) in [5.41, 5.74) is 1.04. The fraction of sp³-hybridized carbons (Fsp3) is 0.667. The lowest BCUT2D eigenvalue weighted by Gasteiger charge is -2.43. The average molecular weight is 358 g/mol. The molecule has 142 valence electrons. The molecule has 5 heteroatoms. The van der Waals surface area contributed by atoms with Gasteiger partial charge in [0.25, 0.3) is 0 Å². The van der Waals surface area contributed by atoms with Crippen LogP contribution in [0.3, 0.4) is 0 Å². The highest BCUT2D eigenvalue weighted by Gasteiger charge is 2.51. The third-order valence-corrected chi connectivity index (χ3v) is 6.36. The van der Waals surface area contributed by atoms with Crippen LogP contribution in [0.5, 0.6) is 5.75 Å². The number of amides is 1. The van der Waals surface area contributed by atoms with Gasteiger partial charge in [0.05, 0.1) is 13.2 Å². The highest BCUT2D eigenvalue weighted by Crippen LogP contribution is 2.44. The number of para-hydroxylation sites is 1. The average Bonchev–Trinajstić information content (AvgIpc) is 3.44. The van der Waals surface area contributed by atoms with Crippen molar-refractivity contribution in [2.75, 3.05) is 39.4 Å². The molecule has 0 bridgehead atoms. The molecule has 2 saturated heterocycles. The van der Waals surface area contributed by atoms with E-state index in [2.05, 4.69) is 17.0 Å². The molecule has 1 N–H and O–H groups in total. The van der Waals surface area contributed by atoms with E-state index in [-0.39, 0.29) is 17.9 Å². The van der Waals surface area contributed by atoms with Gasteiger partial charge in [0.2, 0.25) is 5.91 Å². The second kappa shape index (κ2) is 7.20. The highest BCUT2D eigenvalue weighted by molar-refractivity contribution is 5.81. The second-order valence-electron chi connectivity index (χ2n) is 8.25. The van der Waals surface area contributed by atoms with Gasteiger partial charge in [-0.15, -0.1) is 0 Å². The Balaban J connectivity index is 1.46. The van der Waals surface area contributed by atoms with E-state index < -0.39 is 0 Å². The van der Waals surface area contributed by atoms with Gasteiger partial charge in [0.1, 0.15) is 5.75 Å². The number of aliphatic hydroxyl groups excluding tert-OH is 1. The molecule has 1 aromatic carbocycles. The molecule has 0 unspecified atom stereocenters. The van der Waals surface area contributed by atoms with Gasteiger partial charge in [-0.25, -0.2) is 0 Å². The molecule has 0 spiro atoms. The topological polar surface area (TPSA) is 53.0 Å². The third-order valence-electron chi connectivity index (χ3n) is 6.36. The van der Waals surface area contributed by atoms with Crippen molar-refractivity contribution in [3.8, 4) is 5.75 Å². The zero-order valence-electron chi connectivity index (χ0n) is 15.7. The zero-order valence-corrected chi connectivity index (χ0v) is 15.7. The van der Waals surface area contributed by atoms with Crippen LogP contribution in [0.1, 0.15) is 31.7 Å². The number of carbonyl (C=O) groups excluding carboxylic acids is 1. The summed E-state index contributed by atoms with van der Waals surface area (Å²) < 4.78 is 5.77. The fourth-order valence-electron chi connectivity index (χ4n) is 4.79. The number of fused-ring (bicyclic) bond motifs is 1. The van der Waals surface area contributed by atoms with Crippen molar-refractivity contribution in [2.45, 2.75) is 32.7 Å². The molecular weight excluding hydrogens is 328 g/mol. The summed E-state index contributed by atoms with van der Waals surface area (Å²) in [7, 11) is 0. The number of benzene rings is 1. The first-order valence-corrected chi connectivity index (χ1v) is 9.98. The van der Waals surface area contributed by atoms with Gasteiger partial charge in [-0.3, -0.25) is 9.69 Å².